The predicted molar refractivity (Wildman–Crippen MR) is 96.1 cm³/mol. The molecule has 2 fully saturated rings. The lowest BCUT2D eigenvalue weighted by Crippen LogP contribution is -2.39. The van der Waals surface area contributed by atoms with Gasteiger partial charge in [0.2, 0.25) is 0 Å². The first-order chi connectivity index (χ1) is 12.4. The Labute approximate surface area is 155 Å². The van der Waals surface area contributed by atoms with Crippen LogP contribution in [0.1, 0.15) is 22.5 Å². The van der Waals surface area contributed by atoms with Gasteiger partial charge in [-0.1, -0.05) is 23.7 Å². The topological polar surface area (TPSA) is 78.5 Å². The third kappa shape index (κ3) is 2.72. The van der Waals surface area contributed by atoms with Crippen molar-refractivity contribution in [3.05, 3.63) is 40.5 Å². The smallest absolute Gasteiger partial charge is 0.410 e. The monoisotopic (exact) mass is 374 g/mol. The average molecular weight is 375 g/mol. The average Bonchev–Trinajstić information content (AvgIpc) is 3.27. The number of hydrogen-bond acceptors (Lipinski definition) is 4. The van der Waals surface area contributed by atoms with Crippen LogP contribution in [0.3, 0.4) is 0 Å². The Morgan fingerprint density at radius 2 is 2.04 bits per heavy atom. The SMILES string of the molecule is Cc1c(-c2ccc(Cl)cc2)n[nH]c1C(=O)N1CCC2(CN(C)C(=O)O2)C1. The number of halogens is 1. The number of amides is 2. The van der Waals surface area contributed by atoms with Crippen molar-refractivity contribution in [2.24, 2.45) is 0 Å². The van der Waals surface area contributed by atoms with Gasteiger partial charge in [0.15, 0.2) is 5.60 Å². The minimum atomic E-state index is -0.589. The lowest BCUT2D eigenvalue weighted by molar-refractivity contribution is 0.0550. The molecule has 1 atom stereocenters. The summed E-state index contributed by atoms with van der Waals surface area (Å²) >= 11 is 5.93. The van der Waals surface area contributed by atoms with Crippen molar-refractivity contribution in [3.63, 3.8) is 0 Å². The van der Waals surface area contributed by atoms with Gasteiger partial charge in [-0.25, -0.2) is 4.79 Å². The van der Waals surface area contributed by atoms with E-state index < -0.39 is 5.60 Å². The highest BCUT2D eigenvalue weighted by molar-refractivity contribution is 6.30. The number of nitrogens with zero attached hydrogens (tertiary/aromatic N) is 3. The number of hydrogen-bond donors (Lipinski definition) is 1. The highest BCUT2D eigenvalue weighted by Crippen LogP contribution is 2.33. The lowest BCUT2D eigenvalue weighted by atomic mass is 10.0. The van der Waals surface area contributed by atoms with Crippen molar-refractivity contribution in [2.75, 3.05) is 26.7 Å². The Kier molecular flexibility index (Phi) is 3.91. The largest absolute Gasteiger partial charge is 0.439 e. The molecule has 1 aromatic heterocycles. The van der Waals surface area contributed by atoms with E-state index in [1.807, 2.05) is 19.1 Å². The van der Waals surface area contributed by atoms with E-state index in [0.717, 1.165) is 16.8 Å². The molecule has 0 bridgehead atoms. The van der Waals surface area contributed by atoms with Gasteiger partial charge < -0.3 is 14.5 Å². The number of carbonyl (C=O) groups is 2. The number of rotatable bonds is 2. The van der Waals surface area contributed by atoms with Gasteiger partial charge in [-0.2, -0.15) is 5.10 Å². The Hall–Kier alpha value is -2.54. The number of likely N-dealkylation sites (N-methyl/N-ethyl adjacent to an activating group) is 1. The number of aromatic amines is 1. The number of nitrogens with one attached hydrogen (secondary N) is 1. The Morgan fingerprint density at radius 3 is 2.69 bits per heavy atom. The molecular weight excluding hydrogens is 356 g/mol. The summed E-state index contributed by atoms with van der Waals surface area (Å²) in [6, 6.07) is 7.33. The summed E-state index contributed by atoms with van der Waals surface area (Å²) < 4.78 is 5.51. The summed E-state index contributed by atoms with van der Waals surface area (Å²) in [6.07, 6.45) is 0.313. The molecule has 1 N–H and O–H groups in total. The summed E-state index contributed by atoms with van der Waals surface area (Å²) in [6.45, 7) is 3.33. The van der Waals surface area contributed by atoms with Crippen LogP contribution in [0.4, 0.5) is 4.79 Å². The minimum Gasteiger partial charge on any atom is -0.439 e. The summed E-state index contributed by atoms with van der Waals surface area (Å²) in [7, 11) is 1.71. The molecule has 136 valence electrons. The Bertz CT molecular complexity index is 879. The van der Waals surface area contributed by atoms with Crippen molar-refractivity contribution < 1.29 is 14.3 Å². The first-order valence-corrected chi connectivity index (χ1v) is 8.81. The molecule has 1 spiro atoms. The molecule has 2 aliphatic rings. The fraction of sp³-hybridized carbons (Fsp3) is 0.389. The second-order valence-electron chi connectivity index (χ2n) is 6.96. The van der Waals surface area contributed by atoms with Crippen molar-refractivity contribution in [3.8, 4) is 11.3 Å². The predicted octanol–water partition coefficient (Wildman–Crippen LogP) is 2.71. The van der Waals surface area contributed by atoms with Crippen LogP contribution in [-0.2, 0) is 4.74 Å². The van der Waals surface area contributed by atoms with Gasteiger partial charge in [-0.3, -0.25) is 9.89 Å². The Morgan fingerprint density at radius 1 is 1.31 bits per heavy atom. The first kappa shape index (κ1) is 16.9. The minimum absolute atomic E-state index is 0.127. The zero-order valence-corrected chi connectivity index (χ0v) is 15.3. The van der Waals surface area contributed by atoms with E-state index in [1.165, 1.54) is 0 Å². The van der Waals surface area contributed by atoms with E-state index >= 15 is 0 Å². The molecular formula is C18H19ClN4O3. The molecule has 0 radical (unpaired) electrons. The van der Waals surface area contributed by atoms with Gasteiger partial charge in [0, 0.05) is 36.2 Å². The normalized spacial score (nSPS) is 22.3. The van der Waals surface area contributed by atoms with Gasteiger partial charge in [0.1, 0.15) is 5.69 Å². The second-order valence-corrected chi connectivity index (χ2v) is 7.40. The molecule has 4 rings (SSSR count). The van der Waals surface area contributed by atoms with E-state index in [2.05, 4.69) is 10.2 Å². The molecule has 3 heterocycles. The molecule has 8 heteroatoms. The van der Waals surface area contributed by atoms with Crippen LogP contribution in [0.2, 0.25) is 5.02 Å². The number of carbonyl (C=O) groups excluding carboxylic acids is 2. The van der Waals surface area contributed by atoms with E-state index in [-0.39, 0.29) is 12.0 Å². The van der Waals surface area contributed by atoms with Gasteiger partial charge >= 0.3 is 6.09 Å². The number of benzene rings is 1. The number of likely N-dealkylation sites (tertiary alicyclic amines) is 1. The van der Waals surface area contributed by atoms with Crippen LogP contribution in [0.5, 0.6) is 0 Å². The molecule has 2 saturated heterocycles. The maximum atomic E-state index is 12.9. The number of H-pyrrole nitrogens is 1. The summed E-state index contributed by atoms with van der Waals surface area (Å²) in [5.41, 5.74) is 2.29. The fourth-order valence-corrected chi connectivity index (χ4v) is 3.80. The third-order valence-corrected chi connectivity index (χ3v) is 5.34. The molecule has 2 amide bonds. The van der Waals surface area contributed by atoms with Gasteiger partial charge in [0.25, 0.3) is 5.91 Å². The zero-order chi connectivity index (χ0) is 18.5. The molecule has 0 aliphatic carbocycles. The summed E-state index contributed by atoms with van der Waals surface area (Å²) in [4.78, 5) is 27.9. The fourth-order valence-electron chi connectivity index (χ4n) is 3.68. The molecule has 2 aliphatic heterocycles. The van der Waals surface area contributed by atoms with Crippen molar-refractivity contribution in [2.45, 2.75) is 18.9 Å². The van der Waals surface area contributed by atoms with Crippen molar-refractivity contribution in [1.82, 2.24) is 20.0 Å². The van der Waals surface area contributed by atoms with Gasteiger partial charge in [0.05, 0.1) is 18.8 Å². The summed E-state index contributed by atoms with van der Waals surface area (Å²) in [5.74, 6) is -0.127. The molecule has 2 aromatic rings. The van der Waals surface area contributed by atoms with Crippen LogP contribution in [0.15, 0.2) is 24.3 Å². The second kappa shape index (κ2) is 6.02. The molecule has 1 aromatic carbocycles. The van der Waals surface area contributed by atoms with Crippen LogP contribution >= 0.6 is 11.6 Å². The standard InChI is InChI=1S/C18H19ClN4O3/c1-11-14(12-3-5-13(19)6-4-12)20-21-15(11)16(24)23-8-7-18(10-23)9-22(2)17(25)26-18/h3-6H,7-10H2,1-2H3,(H,20,21). The third-order valence-electron chi connectivity index (χ3n) is 5.09. The van der Waals surface area contributed by atoms with Gasteiger partial charge in [-0.05, 0) is 19.1 Å². The van der Waals surface area contributed by atoms with Crippen molar-refractivity contribution in [1.29, 1.82) is 0 Å². The number of aromatic nitrogens is 2. The maximum absolute atomic E-state index is 12.9. The molecule has 26 heavy (non-hydrogen) atoms. The molecule has 7 nitrogen and oxygen atoms in total. The van der Waals surface area contributed by atoms with Gasteiger partial charge in [-0.15, -0.1) is 0 Å². The van der Waals surface area contributed by atoms with Crippen LogP contribution in [-0.4, -0.2) is 64.3 Å². The van der Waals surface area contributed by atoms with Crippen LogP contribution in [0.25, 0.3) is 11.3 Å². The summed E-state index contributed by atoms with van der Waals surface area (Å²) in [5, 5.41) is 7.83. The Balaban J connectivity index is 1.55. The lowest BCUT2D eigenvalue weighted by Gasteiger charge is -2.21. The first-order valence-electron chi connectivity index (χ1n) is 8.43. The molecule has 0 saturated carbocycles. The number of ether oxygens (including phenoxy) is 1. The highest BCUT2D eigenvalue weighted by Gasteiger charge is 2.49. The van der Waals surface area contributed by atoms with E-state index in [0.29, 0.717) is 36.8 Å². The highest BCUT2D eigenvalue weighted by atomic mass is 35.5. The van der Waals surface area contributed by atoms with E-state index in [9.17, 15) is 9.59 Å². The van der Waals surface area contributed by atoms with Crippen LogP contribution < -0.4 is 0 Å². The van der Waals surface area contributed by atoms with E-state index in [4.69, 9.17) is 16.3 Å². The molecule has 1 unspecified atom stereocenters. The maximum Gasteiger partial charge on any atom is 0.410 e. The zero-order valence-electron chi connectivity index (χ0n) is 14.6. The van der Waals surface area contributed by atoms with Crippen LogP contribution in [0, 0.1) is 6.92 Å². The van der Waals surface area contributed by atoms with E-state index in [1.54, 1.807) is 29.0 Å². The quantitative estimate of drug-likeness (QED) is 0.876. The van der Waals surface area contributed by atoms with Crippen molar-refractivity contribution >= 4 is 23.6 Å².